The number of thioether (sulfide) groups is 1. The summed E-state index contributed by atoms with van der Waals surface area (Å²) in [7, 11) is 0.411. The summed E-state index contributed by atoms with van der Waals surface area (Å²) in [5, 5.41) is 3.31. The lowest BCUT2D eigenvalue weighted by molar-refractivity contribution is -0.111. The number of carbonyl (C=O) groups is 1. The van der Waals surface area contributed by atoms with E-state index < -0.39 is 10.0 Å². The molecule has 41 heavy (non-hydrogen) atoms. The van der Waals surface area contributed by atoms with Gasteiger partial charge in [-0.15, -0.1) is 11.8 Å². The molecule has 10 nitrogen and oxygen atoms in total. The Labute approximate surface area is 251 Å². The average Bonchev–Trinajstić information content (AvgIpc) is 3.57. The third-order valence-electron chi connectivity index (χ3n) is 5.95. The minimum atomic E-state index is -3.43. The molecule has 2 aromatic heterocycles. The van der Waals surface area contributed by atoms with Gasteiger partial charge in [0, 0.05) is 36.8 Å². The number of carbonyl (C=O) groups excluding carboxylic acids is 1. The van der Waals surface area contributed by atoms with Crippen LogP contribution in [0.15, 0.2) is 62.3 Å². The topological polar surface area (TPSA) is 135 Å². The monoisotopic (exact) mass is 620 g/mol. The van der Waals surface area contributed by atoms with Crippen molar-refractivity contribution in [2.24, 2.45) is 0 Å². The van der Waals surface area contributed by atoms with Gasteiger partial charge in [0.05, 0.1) is 27.3 Å². The molecular weight excluding hydrogens is 581 g/mol. The van der Waals surface area contributed by atoms with Gasteiger partial charge in [0.1, 0.15) is 5.76 Å². The van der Waals surface area contributed by atoms with Gasteiger partial charge in [0.2, 0.25) is 21.8 Å². The number of piperidine rings is 1. The molecule has 3 aromatic rings. The van der Waals surface area contributed by atoms with Crippen molar-refractivity contribution in [2.75, 3.05) is 44.8 Å². The molecule has 1 saturated heterocycles. The van der Waals surface area contributed by atoms with Gasteiger partial charge >= 0.3 is 0 Å². The number of hydrogen-bond acceptors (Lipinski definition) is 10. The van der Waals surface area contributed by atoms with Crippen LogP contribution < -0.4 is 11.1 Å². The Hall–Kier alpha value is -2.71. The number of sulfonamides is 1. The number of thiazole rings is 1. The van der Waals surface area contributed by atoms with Crippen LogP contribution in [0.25, 0.3) is 0 Å². The first-order valence-electron chi connectivity index (χ1n) is 13.4. The van der Waals surface area contributed by atoms with Crippen LogP contribution in [0.1, 0.15) is 51.7 Å². The Kier molecular flexibility index (Phi) is 12.0. The largest absolute Gasteiger partial charge is 0.444 e. The fraction of sp³-hybridized carbons (Fsp3) is 0.464. The lowest BCUT2D eigenvalue weighted by atomic mass is 9.94. The fourth-order valence-electron chi connectivity index (χ4n) is 3.71. The van der Waals surface area contributed by atoms with E-state index in [1.54, 1.807) is 54.5 Å². The molecule has 4 rings (SSSR count). The van der Waals surface area contributed by atoms with Crippen molar-refractivity contribution >= 4 is 49.8 Å². The molecule has 1 fully saturated rings. The summed E-state index contributed by atoms with van der Waals surface area (Å²) in [5.74, 6) is 2.13. The number of rotatable bonds is 9. The van der Waals surface area contributed by atoms with E-state index in [-0.39, 0.29) is 16.2 Å². The maximum absolute atomic E-state index is 12.5. The molecule has 224 valence electrons. The van der Waals surface area contributed by atoms with E-state index in [1.807, 2.05) is 19.0 Å². The minimum Gasteiger partial charge on any atom is -0.444 e. The smallest absolute Gasteiger partial charge is 0.248 e. The predicted molar refractivity (Wildman–Crippen MR) is 167 cm³/mol. The molecule has 0 saturated carbocycles. The van der Waals surface area contributed by atoms with E-state index in [9.17, 15) is 13.2 Å². The molecule has 0 unspecified atom stereocenters. The maximum atomic E-state index is 12.5. The molecule has 1 aliphatic rings. The van der Waals surface area contributed by atoms with E-state index in [4.69, 9.17) is 10.2 Å². The number of nitrogens with two attached hydrogens (primary N) is 1. The molecule has 0 aliphatic carbocycles. The molecule has 0 spiro atoms. The summed E-state index contributed by atoms with van der Waals surface area (Å²) in [6, 6.07) is 6.33. The van der Waals surface area contributed by atoms with Crippen LogP contribution in [-0.2, 0) is 26.0 Å². The Morgan fingerprint density at radius 2 is 1.83 bits per heavy atom. The van der Waals surface area contributed by atoms with Gasteiger partial charge in [0.15, 0.2) is 5.13 Å². The van der Waals surface area contributed by atoms with Crippen molar-refractivity contribution in [2.45, 2.75) is 60.3 Å². The standard InChI is InChI=1S/C17H25N3O3S.C11H15N3OS2/c1-19(2)12-6-7-17(21)18-15-8-10-16(11-9-15)24(22,23)20-13-4-3-5-14-20;1-11(2,3)7-4-13-8(15-7)6-16-9-5-14-10(12)17-9/h6-11H,3-5,12-14H2,1-2H3,(H,18,21);4-5H,6H2,1-3H3,(H2,12,14)/b7-6+;. The quantitative estimate of drug-likeness (QED) is 0.244. The van der Waals surface area contributed by atoms with E-state index >= 15 is 0 Å². The molecule has 1 aromatic carbocycles. The van der Waals surface area contributed by atoms with Crippen LogP contribution in [0, 0.1) is 0 Å². The van der Waals surface area contributed by atoms with Gasteiger partial charge in [-0.05, 0) is 51.2 Å². The van der Waals surface area contributed by atoms with Gasteiger partial charge in [-0.3, -0.25) is 4.79 Å². The first-order chi connectivity index (χ1) is 19.3. The normalized spacial score (nSPS) is 14.7. The summed E-state index contributed by atoms with van der Waals surface area (Å²) in [6.07, 6.45) is 9.72. The number of hydrogen-bond donors (Lipinski definition) is 2. The number of amides is 1. The molecule has 1 amide bonds. The van der Waals surface area contributed by atoms with Crippen molar-refractivity contribution < 1.29 is 17.6 Å². The van der Waals surface area contributed by atoms with E-state index in [2.05, 4.69) is 36.1 Å². The molecule has 0 bridgehead atoms. The molecule has 0 radical (unpaired) electrons. The van der Waals surface area contributed by atoms with E-state index in [0.29, 0.717) is 36.2 Å². The minimum absolute atomic E-state index is 0.00479. The number of oxazole rings is 1. The number of nitrogens with zero attached hydrogens (tertiary/aromatic N) is 4. The number of nitrogens with one attached hydrogen (secondary N) is 1. The molecule has 1 aliphatic heterocycles. The third kappa shape index (κ3) is 10.6. The third-order valence-corrected chi connectivity index (χ3v) is 9.87. The summed E-state index contributed by atoms with van der Waals surface area (Å²) >= 11 is 3.12. The highest BCUT2D eigenvalue weighted by molar-refractivity contribution is 8.00. The number of aromatic nitrogens is 2. The number of benzene rings is 1. The van der Waals surface area contributed by atoms with Crippen LogP contribution in [0.5, 0.6) is 0 Å². The molecule has 13 heteroatoms. The van der Waals surface area contributed by atoms with Crippen LogP contribution in [-0.4, -0.2) is 67.2 Å². The second-order valence-electron chi connectivity index (χ2n) is 10.8. The average molecular weight is 621 g/mol. The van der Waals surface area contributed by atoms with Crippen molar-refractivity contribution in [1.29, 1.82) is 0 Å². The van der Waals surface area contributed by atoms with Gasteiger partial charge in [-0.2, -0.15) is 4.31 Å². The molecule has 0 atom stereocenters. The van der Waals surface area contributed by atoms with Crippen LogP contribution >= 0.6 is 23.1 Å². The van der Waals surface area contributed by atoms with Crippen molar-refractivity contribution in [3.8, 4) is 0 Å². The van der Waals surface area contributed by atoms with Crippen molar-refractivity contribution in [1.82, 2.24) is 19.2 Å². The van der Waals surface area contributed by atoms with Gasteiger partial charge < -0.3 is 20.4 Å². The zero-order valence-corrected chi connectivity index (χ0v) is 26.7. The highest BCUT2D eigenvalue weighted by atomic mass is 32.2. The van der Waals surface area contributed by atoms with Crippen molar-refractivity contribution in [3.05, 3.63) is 60.5 Å². The summed E-state index contributed by atoms with van der Waals surface area (Å²) < 4.78 is 33.4. The number of anilines is 2. The molecular formula is C28H40N6O4S3. The lowest BCUT2D eigenvalue weighted by Crippen LogP contribution is -2.35. The Morgan fingerprint density at radius 3 is 2.39 bits per heavy atom. The van der Waals surface area contributed by atoms with Crippen molar-refractivity contribution in [3.63, 3.8) is 0 Å². The van der Waals surface area contributed by atoms with Crippen LogP contribution in [0.2, 0.25) is 0 Å². The van der Waals surface area contributed by atoms with Crippen LogP contribution in [0.3, 0.4) is 0 Å². The molecule has 3 N–H and O–H groups in total. The second kappa shape index (κ2) is 15.0. The first-order valence-corrected chi connectivity index (χ1v) is 16.6. The summed E-state index contributed by atoms with van der Waals surface area (Å²) in [5.41, 5.74) is 6.14. The zero-order valence-electron chi connectivity index (χ0n) is 24.3. The first kappa shape index (κ1) is 32.8. The highest BCUT2D eigenvalue weighted by Gasteiger charge is 2.25. The lowest BCUT2D eigenvalue weighted by Gasteiger charge is -2.25. The summed E-state index contributed by atoms with van der Waals surface area (Å²) in [4.78, 5) is 22.3. The van der Waals surface area contributed by atoms with E-state index in [0.717, 1.165) is 35.1 Å². The van der Waals surface area contributed by atoms with Gasteiger partial charge in [-0.1, -0.05) is 44.6 Å². The predicted octanol–water partition coefficient (Wildman–Crippen LogP) is 5.22. The van der Waals surface area contributed by atoms with Crippen LogP contribution in [0.4, 0.5) is 10.8 Å². The maximum Gasteiger partial charge on any atom is 0.248 e. The Morgan fingerprint density at radius 1 is 1.15 bits per heavy atom. The number of likely N-dealkylation sites (N-methyl/N-ethyl adjacent to an activating group) is 1. The Bertz CT molecular complexity index is 1390. The van der Waals surface area contributed by atoms with E-state index in [1.165, 1.54) is 21.7 Å². The molecule has 3 heterocycles. The zero-order chi connectivity index (χ0) is 30.0. The summed E-state index contributed by atoms with van der Waals surface area (Å²) in [6.45, 7) is 8.16. The fourth-order valence-corrected chi connectivity index (χ4v) is 6.84. The Balaban J connectivity index is 0.000000239. The second-order valence-corrected chi connectivity index (χ2v) is 15.1. The van der Waals surface area contributed by atoms with Gasteiger partial charge in [-0.25, -0.2) is 18.4 Å². The SMILES string of the molecule is CC(C)(C)c1cnc(CSc2cnc(N)s2)o1.CN(C)C/C=C/C(=O)Nc1ccc(S(=O)(=O)N2CCCCC2)cc1. The number of nitrogen functional groups attached to an aromatic ring is 1. The van der Waals surface area contributed by atoms with Gasteiger partial charge in [0.25, 0.3) is 0 Å². The highest BCUT2D eigenvalue weighted by Crippen LogP contribution is 2.30.